The zero-order chi connectivity index (χ0) is 16.1. The summed E-state index contributed by atoms with van der Waals surface area (Å²) in [4.78, 5) is 0. The van der Waals surface area contributed by atoms with Gasteiger partial charge in [0.1, 0.15) is 0 Å². The van der Waals surface area contributed by atoms with Crippen LogP contribution < -0.4 is 0 Å². The fraction of sp³-hybridized carbons (Fsp3) is 0.600. The molecule has 3 atom stereocenters. The van der Waals surface area contributed by atoms with Crippen molar-refractivity contribution in [3.05, 3.63) is 45.0 Å². The van der Waals surface area contributed by atoms with Crippen LogP contribution in [0, 0.1) is 0 Å². The molecule has 7 rings (SSSR count). The van der Waals surface area contributed by atoms with Crippen LogP contribution in [-0.2, 0) is 25.7 Å². The van der Waals surface area contributed by atoms with Crippen molar-refractivity contribution in [3.8, 4) is 0 Å². The Labute approximate surface area is 151 Å². The first kappa shape index (κ1) is 13.8. The van der Waals surface area contributed by atoms with Gasteiger partial charge in [-0.1, -0.05) is 6.07 Å². The van der Waals surface area contributed by atoms with Crippen molar-refractivity contribution < 1.29 is 0 Å². The van der Waals surface area contributed by atoms with E-state index in [4.69, 9.17) is 0 Å². The van der Waals surface area contributed by atoms with Crippen molar-refractivity contribution in [3.63, 3.8) is 0 Å². The molecule has 0 heteroatoms. The van der Waals surface area contributed by atoms with E-state index in [0.717, 1.165) is 17.8 Å². The van der Waals surface area contributed by atoms with Crippen molar-refractivity contribution in [2.45, 2.75) is 94.8 Å². The molecule has 2 aromatic rings. The lowest BCUT2D eigenvalue weighted by Gasteiger charge is -2.44. The molecule has 0 saturated carbocycles. The third kappa shape index (κ3) is 1.61. The quantitative estimate of drug-likeness (QED) is 0.521. The van der Waals surface area contributed by atoms with Gasteiger partial charge in [-0.3, -0.25) is 0 Å². The van der Waals surface area contributed by atoms with Gasteiger partial charge < -0.3 is 0 Å². The van der Waals surface area contributed by atoms with E-state index >= 15 is 0 Å². The highest BCUT2D eigenvalue weighted by Crippen LogP contribution is 2.58. The number of benzene rings is 2. The fourth-order valence-electron chi connectivity index (χ4n) is 7.83. The molecule has 5 aliphatic rings. The molecule has 128 valence electrons. The van der Waals surface area contributed by atoms with Crippen molar-refractivity contribution in [2.24, 2.45) is 0 Å². The summed E-state index contributed by atoms with van der Waals surface area (Å²) in [7, 11) is 0. The molecule has 25 heavy (non-hydrogen) atoms. The maximum atomic E-state index is 2.68. The maximum Gasteiger partial charge on any atom is -0.0103 e. The van der Waals surface area contributed by atoms with Gasteiger partial charge in [-0.15, -0.1) is 0 Å². The number of hydrogen-bond donors (Lipinski definition) is 0. The van der Waals surface area contributed by atoms with Gasteiger partial charge in [-0.25, -0.2) is 0 Å². The minimum Gasteiger partial charge on any atom is -0.0549 e. The zero-order valence-electron chi connectivity index (χ0n) is 15.3. The van der Waals surface area contributed by atoms with Crippen LogP contribution in [-0.4, -0.2) is 0 Å². The molecule has 0 nitrogen and oxygen atoms in total. The molecular weight excluding hydrogens is 300 g/mol. The van der Waals surface area contributed by atoms with Crippen molar-refractivity contribution >= 4 is 10.8 Å². The molecule has 0 bridgehead atoms. The van der Waals surface area contributed by atoms with E-state index in [-0.39, 0.29) is 0 Å². The third-order valence-electron chi connectivity index (χ3n) is 8.60. The van der Waals surface area contributed by atoms with Crippen LogP contribution in [0.1, 0.15) is 108 Å². The summed E-state index contributed by atoms with van der Waals surface area (Å²) in [6.45, 7) is 0. The Hall–Kier alpha value is -1.30. The van der Waals surface area contributed by atoms with Gasteiger partial charge in [0, 0.05) is 0 Å². The van der Waals surface area contributed by atoms with Gasteiger partial charge in [0.05, 0.1) is 0 Å². The van der Waals surface area contributed by atoms with Crippen molar-refractivity contribution in [1.29, 1.82) is 0 Å². The lowest BCUT2D eigenvalue weighted by atomic mass is 9.60. The SMILES string of the molecule is c1c2c3c4c5c(c6c7c4c1CCC7CCC6)CCCC5CC3CCC2. The number of fused-ring (bicyclic) bond motifs is 1. The molecule has 0 aliphatic heterocycles. The first-order valence-corrected chi connectivity index (χ1v) is 11.1. The summed E-state index contributed by atoms with van der Waals surface area (Å²) >= 11 is 0. The molecular formula is C25H28. The highest BCUT2D eigenvalue weighted by Gasteiger charge is 2.40. The largest absolute Gasteiger partial charge is 0.0549 e. The Balaban J connectivity index is 1.73. The summed E-state index contributed by atoms with van der Waals surface area (Å²) in [5.74, 6) is 2.68. The standard InChI is InChI=1S/C25H28/c1-5-15-12-17-7-3-9-20-19-8-2-4-14-10-11-18-13-16(6-1)21(15)25(23(17)20)24(18)22(14)19/h13-15,17H,1-12H2. The third-order valence-corrected chi connectivity index (χ3v) is 8.60. The maximum absolute atomic E-state index is 2.68. The molecule has 0 amide bonds. The number of rotatable bonds is 0. The second-order valence-corrected chi connectivity index (χ2v) is 9.68. The summed E-state index contributed by atoms with van der Waals surface area (Å²) in [6.07, 6.45) is 17.1. The van der Waals surface area contributed by atoms with Gasteiger partial charge in [0.25, 0.3) is 0 Å². The van der Waals surface area contributed by atoms with E-state index < -0.39 is 0 Å². The molecule has 5 aliphatic carbocycles. The highest BCUT2D eigenvalue weighted by atomic mass is 14.4. The predicted molar refractivity (Wildman–Crippen MR) is 104 cm³/mol. The van der Waals surface area contributed by atoms with Crippen LogP contribution >= 0.6 is 0 Å². The molecule has 0 saturated heterocycles. The van der Waals surface area contributed by atoms with E-state index in [1.807, 2.05) is 38.6 Å². The predicted octanol–water partition coefficient (Wildman–Crippen LogP) is 6.45. The number of hydrogen-bond acceptors (Lipinski definition) is 0. The van der Waals surface area contributed by atoms with E-state index in [1.54, 1.807) is 11.1 Å². The van der Waals surface area contributed by atoms with Crippen LogP contribution in [0.5, 0.6) is 0 Å². The number of aryl methyl sites for hydroxylation is 2. The van der Waals surface area contributed by atoms with Gasteiger partial charge in [-0.2, -0.15) is 0 Å². The Morgan fingerprint density at radius 2 is 1.24 bits per heavy atom. The van der Waals surface area contributed by atoms with Crippen molar-refractivity contribution in [2.75, 3.05) is 0 Å². The summed E-state index contributed by atoms with van der Waals surface area (Å²) in [5.41, 5.74) is 12.9. The van der Waals surface area contributed by atoms with E-state index in [9.17, 15) is 0 Å². The minimum absolute atomic E-state index is 0.892. The van der Waals surface area contributed by atoms with E-state index in [1.165, 1.54) is 77.0 Å². The van der Waals surface area contributed by atoms with E-state index in [0.29, 0.717) is 0 Å². The van der Waals surface area contributed by atoms with Crippen LogP contribution in [0.15, 0.2) is 6.07 Å². The normalized spacial score (nSPS) is 31.3. The van der Waals surface area contributed by atoms with Gasteiger partial charge in [-0.05, 0) is 145 Å². The molecule has 0 N–H and O–H groups in total. The lowest BCUT2D eigenvalue weighted by Crippen LogP contribution is -2.28. The Kier molecular flexibility index (Phi) is 2.60. The molecule has 0 aromatic heterocycles. The second kappa shape index (κ2) is 4.70. The summed E-state index contributed by atoms with van der Waals surface area (Å²) < 4.78 is 0. The molecule has 0 fully saturated rings. The Bertz CT molecular complexity index is 931. The Morgan fingerprint density at radius 3 is 2.08 bits per heavy atom. The zero-order valence-corrected chi connectivity index (χ0v) is 15.3. The molecule has 3 unspecified atom stereocenters. The minimum atomic E-state index is 0.892. The average molecular weight is 328 g/mol. The smallest absolute Gasteiger partial charge is 0.0103 e. The topological polar surface area (TPSA) is 0 Å². The molecule has 0 spiro atoms. The fourth-order valence-corrected chi connectivity index (χ4v) is 7.83. The van der Waals surface area contributed by atoms with Gasteiger partial charge in [0.2, 0.25) is 0 Å². The van der Waals surface area contributed by atoms with E-state index in [2.05, 4.69) is 6.07 Å². The lowest BCUT2D eigenvalue weighted by molar-refractivity contribution is 0.421. The van der Waals surface area contributed by atoms with Crippen LogP contribution in [0.4, 0.5) is 0 Å². The molecule has 0 radical (unpaired) electrons. The van der Waals surface area contributed by atoms with Crippen LogP contribution in [0.25, 0.3) is 10.8 Å². The highest BCUT2D eigenvalue weighted by molar-refractivity contribution is 6.00. The summed E-state index contributed by atoms with van der Waals surface area (Å²) in [6, 6.07) is 2.68. The first-order valence-electron chi connectivity index (χ1n) is 11.1. The average Bonchev–Trinajstić information content (AvgIpc) is 2.66. The molecule has 0 heterocycles. The summed E-state index contributed by atoms with van der Waals surface area (Å²) in [5, 5.41) is 3.65. The van der Waals surface area contributed by atoms with Gasteiger partial charge >= 0.3 is 0 Å². The monoisotopic (exact) mass is 328 g/mol. The molecule has 2 aromatic carbocycles. The first-order chi connectivity index (χ1) is 12.4. The van der Waals surface area contributed by atoms with Crippen LogP contribution in [0.2, 0.25) is 0 Å². The second-order valence-electron chi connectivity index (χ2n) is 9.68. The van der Waals surface area contributed by atoms with Crippen molar-refractivity contribution in [1.82, 2.24) is 0 Å². The Morgan fingerprint density at radius 1 is 0.560 bits per heavy atom. The van der Waals surface area contributed by atoms with Gasteiger partial charge in [0.15, 0.2) is 0 Å². The van der Waals surface area contributed by atoms with Crippen LogP contribution in [0.3, 0.4) is 0 Å².